The van der Waals surface area contributed by atoms with Crippen LogP contribution in [0.1, 0.15) is 38.1 Å². The highest BCUT2D eigenvalue weighted by atomic mass is 35.5. The number of esters is 1. The molecule has 0 saturated heterocycles. The molecule has 1 aromatic carbocycles. The predicted octanol–water partition coefficient (Wildman–Crippen LogP) is 3.34. The Hall–Kier alpha value is -2.38. The molecule has 1 aromatic heterocycles. The summed E-state index contributed by atoms with van der Waals surface area (Å²) >= 11 is 6.54. The highest BCUT2D eigenvalue weighted by Crippen LogP contribution is 2.33. The van der Waals surface area contributed by atoms with Crippen LogP contribution in [-0.2, 0) is 16.1 Å². The fraction of sp³-hybridized carbons (Fsp3) is 0.278. The van der Waals surface area contributed by atoms with Gasteiger partial charge in [0.2, 0.25) is 5.91 Å². The minimum absolute atomic E-state index is 0.181. The predicted molar refractivity (Wildman–Crippen MR) is 102 cm³/mol. The number of benzene rings is 1. The first-order valence-corrected chi connectivity index (χ1v) is 9.31. The number of rotatable bonds is 7. The van der Waals surface area contributed by atoms with E-state index < -0.39 is 11.9 Å². The van der Waals surface area contributed by atoms with Crippen LogP contribution in [0.4, 0.5) is 5.00 Å². The molecule has 6 nitrogen and oxygen atoms in total. The van der Waals surface area contributed by atoms with Gasteiger partial charge in [0.15, 0.2) is 0 Å². The van der Waals surface area contributed by atoms with Crippen molar-refractivity contribution < 1.29 is 19.1 Å². The Labute approximate surface area is 160 Å². The van der Waals surface area contributed by atoms with Gasteiger partial charge in [-0.25, -0.2) is 4.79 Å². The number of thiophene rings is 1. The summed E-state index contributed by atoms with van der Waals surface area (Å²) in [6.07, 6.45) is 0. The first-order chi connectivity index (χ1) is 12.5. The molecule has 26 heavy (non-hydrogen) atoms. The number of alkyl halides is 1. The van der Waals surface area contributed by atoms with Gasteiger partial charge in [-0.15, -0.1) is 22.9 Å². The molecule has 2 rings (SSSR count). The van der Waals surface area contributed by atoms with Crippen LogP contribution < -0.4 is 10.6 Å². The van der Waals surface area contributed by atoms with Gasteiger partial charge in [-0.1, -0.05) is 30.3 Å². The fourth-order valence-corrected chi connectivity index (χ4v) is 3.48. The van der Waals surface area contributed by atoms with Gasteiger partial charge in [0.1, 0.15) is 10.9 Å². The maximum atomic E-state index is 12.5. The molecule has 0 aliphatic rings. The van der Waals surface area contributed by atoms with Gasteiger partial charge < -0.3 is 15.4 Å². The number of anilines is 1. The topological polar surface area (TPSA) is 84.5 Å². The molecule has 1 heterocycles. The number of amides is 2. The Kier molecular flexibility index (Phi) is 7.17. The standard InChI is InChI=1S/C18H19ClN2O4S/c1-3-25-18(24)14-11(2)15(26-17(14)21-13(22)9-19)16(23)20-10-12-7-5-4-6-8-12/h4-8H,3,9-10H2,1-2H3,(H,20,23)(H,21,22). The number of hydrogen-bond donors (Lipinski definition) is 2. The second-order valence-electron chi connectivity index (χ2n) is 5.33. The van der Waals surface area contributed by atoms with E-state index >= 15 is 0 Å². The van der Waals surface area contributed by atoms with Crippen LogP contribution in [0.3, 0.4) is 0 Å². The molecule has 0 bridgehead atoms. The van der Waals surface area contributed by atoms with Crippen LogP contribution in [0, 0.1) is 6.92 Å². The van der Waals surface area contributed by atoms with Crippen LogP contribution in [0.2, 0.25) is 0 Å². The molecule has 2 aromatic rings. The molecule has 138 valence electrons. The zero-order valence-corrected chi connectivity index (χ0v) is 16.0. The Morgan fingerprint density at radius 1 is 1.19 bits per heavy atom. The molecule has 2 N–H and O–H groups in total. The molecule has 8 heteroatoms. The highest BCUT2D eigenvalue weighted by molar-refractivity contribution is 7.18. The monoisotopic (exact) mass is 394 g/mol. The summed E-state index contributed by atoms with van der Waals surface area (Å²) in [4.78, 5) is 36.8. The Morgan fingerprint density at radius 2 is 1.88 bits per heavy atom. The quantitative estimate of drug-likeness (QED) is 0.557. The number of hydrogen-bond acceptors (Lipinski definition) is 5. The van der Waals surface area contributed by atoms with Gasteiger partial charge in [-0.05, 0) is 25.0 Å². The Morgan fingerprint density at radius 3 is 2.50 bits per heavy atom. The second-order valence-corrected chi connectivity index (χ2v) is 6.62. The molecule has 0 aliphatic carbocycles. The lowest BCUT2D eigenvalue weighted by Crippen LogP contribution is -2.22. The van der Waals surface area contributed by atoms with Crippen molar-refractivity contribution in [1.29, 1.82) is 0 Å². The summed E-state index contributed by atoms with van der Waals surface area (Å²) in [6.45, 7) is 3.88. The van der Waals surface area contributed by atoms with Crippen LogP contribution in [0.5, 0.6) is 0 Å². The van der Waals surface area contributed by atoms with Gasteiger partial charge >= 0.3 is 5.97 Å². The Bertz CT molecular complexity index is 805. The normalized spacial score (nSPS) is 10.3. The molecular weight excluding hydrogens is 376 g/mol. The van der Waals surface area contributed by atoms with E-state index in [1.165, 1.54) is 0 Å². The summed E-state index contributed by atoms with van der Waals surface area (Å²) in [7, 11) is 0. The van der Waals surface area contributed by atoms with E-state index in [0.717, 1.165) is 16.9 Å². The van der Waals surface area contributed by atoms with E-state index in [1.54, 1.807) is 13.8 Å². The summed E-state index contributed by atoms with van der Waals surface area (Å²) in [5.41, 5.74) is 1.60. The minimum Gasteiger partial charge on any atom is -0.462 e. The van der Waals surface area contributed by atoms with E-state index in [9.17, 15) is 14.4 Å². The SMILES string of the molecule is CCOC(=O)c1c(NC(=O)CCl)sc(C(=O)NCc2ccccc2)c1C. The van der Waals surface area contributed by atoms with Crippen LogP contribution in [0.15, 0.2) is 30.3 Å². The number of halogens is 1. The summed E-state index contributed by atoms with van der Waals surface area (Å²) in [5.74, 6) is -1.63. The summed E-state index contributed by atoms with van der Waals surface area (Å²) < 4.78 is 5.04. The van der Waals surface area contributed by atoms with Gasteiger partial charge in [-0.3, -0.25) is 9.59 Å². The smallest absolute Gasteiger partial charge is 0.341 e. The third-order valence-electron chi connectivity index (χ3n) is 3.50. The zero-order chi connectivity index (χ0) is 19.1. The lowest BCUT2D eigenvalue weighted by molar-refractivity contribution is -0.113. The molecular formula is C18H19ClN2O4S. The van der Waals surface area contributed by atoms with Crippen molar-refractivity contribution >= 4 is 45.7 Å². The van der Waals surface area contributed by atoms with Crippen molar-refractivity contribution in [3.63, 3.8) is 0 Å². The molecule has 0 fully saturated rings. The third-order valence-corrected chi connectivity index (χ3v) is 4.95. The maximum absolute atomic E-state index is 12.5. The molecule has 0 atom stereocenters. The number of carbonyl (C=O) groups is 3. The van der Waals surface area contributed by atoms with E-state index in [2.05, 4.69) is 10.6 Å². The average Bonchev–Trinajstić information content (AvgIpc) is 2.96. The first-order valence-electron chi connectivity index (χ1n) is 7.96. The van der Waals surface area contributed by atoms with E-state index in [0.29, 0.717) is 17.0 Å². The lowest BCUT2D eigenvalue weighted by Gasteiger charge is -2.06. The lowest BCUT2D eigenvalue weighted by atomic mass is 10.1. The molecule has 2 amide bonds. The van der Waals surface area contributed by atoms with Crippen LogP contribution in [-0.4, -0.2) is 30.3 Å². The van der Waals surface area contributed by atoms with Gasteiger partial charge in [0.05, 0.1) is 17.0 Å². The molecule has 0 aliphatic heterocycles. The molecule has 0 radical (unpaired) electrons. The van der Waals surface area contributed by atoms with Crippen LogP contribution in [0.25, 0.3) is 0 Å². The van der Waals surface area contributed by atoms with Gasteiger partial charge in [0, 0.05) is 6.54 Å². The van der Waals surface area contributed by atoms with Crippen molar-refractivity contribution in [3.8, 4) is 0 Å². The first kappa shape index (κ1) is 19.9. The second kappa shape index (κ2) is 9.35. The van der Waals surface area contributed by atoms with Crippen molar-refractivity contribution in [3.05, 3.63) is 51.9 Å². The fourth-order valence-electron chi connectivity index (χ4n) is 2.29. The maximum Gasteiger partial charge on any atom is 0.341 e. The van der Waals surface area contributed by atoms with Gasteiger partial charge in [0.25, 0.3) is 5.91 Å². The molecule has 0 unspecified atom stereocenters. The summed E-state index contributed by atoms with van der Waals surface area (Å²) in [5, 5.41) is 5.63. The van der Waals surface area contributed by atoms with Crippen molar-refractivity contribution in [2.45, 2.75) is 20.4 Å². The van der Waals surface area contributed by atoms with Crippen molar-refractivity contribution in [2.24, 2.45) is 0 Å². The largest absolute Gasteiger partial charge is 0.462 e. The minimum atomic E-state index is -0.590. The molecule has 0 spiro atoms. The molecule has 0 saturated carbocycles. The third kappa shape index (κ3) is 4.83. The number of ether oxygens (including phenoxy) is 1. The highest BCUT2D eigenvalue weighted by Gasteiger charge is 2.26. The van der Waals surface area contributed by atoms with Gasteiger partial charge in [-0.2, -0.15) is 0 Å². The van der Waals surface area contributed by atoms with Crippen molar-refractivity contribution in [1.82, 2.24) is 5.32 Å². The van der Waals surface area contributed by atoms with Crippen molar-refractivity contribution in [2.75, 3.05) is 17.8 Å². The van der Waals surface area contributed by atoms with Crippen LogP contribution >= 0.6 is 22.9 Å². The average molecular weight is 395 g/mol. The summed E-state index contributed by atoms with van der Waals surface area (Å²) in [6, 6.07) is 9.47. The Balaban J connectivity index is 2.26. The van der Waals surface area contributed by atoms with E-state index in [4.69, 9.17) is 16.3 Å². The van der Waals surface area contributed by atoms with E-state index in [1.807, 2.05) is 30.3 Å². The zero-order valence-electron chi connectivity index (χ0n) is 14.4. The number of nitrogens with one attached hydrogen (secondary N) is 2. The number of carbonyl (C=O) groups excluding carboxylic acids is 3. The van der Waals surface area contributed by atoms with E-state index in [-0.39, 0.29) is 29.0 Å².